The molecule has 1 aliphatic rings. The Morgan fingerprint density at radius 2 is 1.97 bits per heavy atom. The van der Waals surface area contributed by atoms with E-state index < -0.39 is 29.0 Å². The van der Waals surface area contributed by atoms with Crippen LogP contribution in [0.25, 0.3) is 10.9 Å². The summed E-state index contributed by atoms with van der Waals surface area (Å²) in [6.45, 7) is 6.36. The second kappa shape index (κ2) is 11.1. The molecule has 0 atom stereocenters. The molecule has 0 unspecified atom stereocenters. The van der Waals surface area contributed by atoms with E-state index in [2.05, 4.69) is 11.6 Å². The third-order valence-electron chi connectivity index (χ3n) is 6.13. The lowest BCUT2D eigenvalue weighted by Gasteiger charge is -2.37. The molecule has 1 aromatic carbocycles. The zero-order chi connectivity index (χ0) is 26.5. The highest BCUT2D eigenvalue weighted by molar-refractivity contribution is 6.05. The van der Waals surface area contributed by atoms with Crippen LogP contribution >= 0.6 is 0 Å². The van der Waals surface area contributed by atoms with E-state index in [1.807, 2.05) is 4.90 Å². The number of esters is 1. The van der Waals surface area contributed by atoms with Crippen molar-refractivity contribution in [2.45, 2.75) is 13.5 Å². The summed E-state index contributed by atoms with van der Waals surface area (Å²) in [5.41, 5.74) is 0.745. The third-order valence-corrected chi connectivity index (χ3v) is 6.13. The van der Waals surface area contributed by atoms with Crippen molar-refractivity contribution in [3.8, 4) is 0 Å². The second-order valence-corrected chi connectivity index (χ2v) is 8.42. The Bertz CT molecular complexity index is 1440. The van der Waals surface area contributed by atoms with Crippen molar-refractivity contribution in [3.63, 3.8) is 0 Å². The normalized spacial score (nSPS) is 14.1. The Kier molecular flexibility index (Phi) is 7.66. The number of amides is 1. The summed E-state index contributed by atoms with van der Waals surface area (Å²) in [6, 6.07) is 7.59. The number of hydrogen-bond acceptors (Lipinski definition) is 7. The highest BCUT2D eigenvalue weighted by Crippen LogP contribution is 2.30. The summed E-state index contributed by atoms with van der Waals surface area (Å²) < 4.78 is 20.5. The zero-order valence-corrected chi connectivity index (χ0v) is 20.4. The van der Waals surface area contributed by atoms with Crippen molar-refractivity contribution in [1.82, 2.24) is 14.5 Å². The number of aliphatic hydroxyl groups is 1. The molecular formula is C27H27FN4O5. The SMILES string of the molecule is C=C/C=C(\O)C(=O)N1CCN(c2c(C(=O)OCC)c(=O)n(Cc3cccc(F)c3)c3ccncc23)CC1. The number of carbonyl (C=O) groups is 2. The standard InChI is InChI=1S/C27H27FN4O5/c1-3-6-22(33)25(34)31-13-11-30(12-14-31)24-20-16-29-10-9-21(20)32(17-18-7-5-8-19(28)15-18)26(35)23(24)27(36)37-4-2/h3,5-10,15-16,33H,1,4,11-14,17H2,2H3/b22-6-. The van der Waals surface area contributed by atoms with Gasteiger partial charge in [0.1, 0.15) is 11.4 Å². The number of anilines is 1. The van der Waals surface area contributed by atoms with Gasteiger partial charge >= 0.3 is 5.97 Å². The number of aromatic nitrogens is 2. The Balaban J connectivity index is 1.80. The molecule has 10 heteroatoms. The number of pyridine rings is 2. The molecule has 4 rings (SSSR count). The Hall–Kier alpha value is -4.47. The lowest BCUT2D eigenvalue weighted by atomic mass is 10.1. The number of rotatable bonds is 7. The fourth-order valence-electron chi connectivity index (χ4n) is 4.45. The molecule has 37 heavy (non-hydrogen) atoms. The molecule has 1 fully saturated rings. The van der Waals surface area contributed by atoms with Crippen molar-refractivity contribution in [3.05, 3.63) is 94.5 Å². The first-order valence-corrected chi connectivity index (χ1v) is 11.8. The van der Waals surface area contributed by atoms with E-state index in [0.717, 1.165) is 0 Å². The molecular weight excluding hydrogens is 479 g/mol. The molecule has 0 radical (unpaired) electrons. The highest BCUT2D eigenvalue weighted by atomic mass is 19.1. The third kappa shape index (κ3) is 5.23. The molecule has 0 saturated carbocycles. The average Bonchev–Trinajstić information content (AvgIpc) is 2.90. The maximum absolute atomic E-state index is 13.9. The number of allylic oxidation sites excluding steroid dienone is 2. The average molecular weight is 507 g/mol. The van der Waals surface area contributed by atoms with E-state index in [4.69, 9.17) is 4.74 Å². The molecule has 1 saturated heterocycles. The van der Waals surface area contributed by atoms with Gasteiger partial charge < -0.3 is 24.2 Å². The molecule has 2 aromatic heterocycles. The lowest BCUT2D eigenvalue weighted by molar-refractivity contribution is -0.130. The van der Waals surface area contributed by atoms with Gasteiger partial charge in [0.2, 0.25) is 0 Å². The number of benzene rings is 1. The summed E-state index contributed by atoms with van der Waals surface area (Å²) in [7, 11) is 0. The van der Waals surface area contributed by atoms with Crippen molar-refractivity contribution in [2.75, 3.05) is 37.7 Å². The van der Waals surface area contributed by atoms with Crippen molar-refractivity contribution in [1.29, 1.82) is 0 Å². The van der Waals surface area contributed by atoms with E-state index in [-0.39, 0.29) is 31.8 Å². The van der Waals surface area contributed by atoms with Crippen LogP contribution in [0.2, 0.25) is 0 Å². The van der Waals surface area contributed by atoms with Crippen LogP contribution in [0.5, 0.6) is 0 Å². The summed E-state index contributed by atoms with van der Waals surface area (Å²) in [5.74, 6) is -2.14. The summed E-state index contributed by atoms with van der Waals surface area (Å²) in [6.07, 6.45) is 5.67. The molecule has 3 heterocycles. The smallest absolute Gasteiger partial charge is 0.345 e. The number of aliphatic hydroxyl groups excluding tert-OH is 1. The number of halogens is 1. The van der Waals surface area contributed by atoms with Gasteiger partial charge in [-0.1, -0.05) is 24.8 Å². The van der Waals surface area contributed by atoms with Crippen LogP contribution in [0.3, 0.4) is 0 Å². The second-order valence-electron chi connectivity index (χ2n) is 8.42. The Labute approximate surface area is 212 Å². The number of carbonyl (C=O) groups excluding carboxylic acids is 2. The van der Waals surface area contributed by atoms with Crippen LogP contribution < -0.4 is 10.5 Å². The van der Waals surface area contributed by atoms with Gasteiger partial charge in [-0.2, -0.15) is 0 Å². The Morgan fingerprint density at radius 1 is 1.22 bits per heavy atom. The van der Waals surface area contributed by atoms with Gasteiger partial charge in [-0.25, -0.2) is 9.18 Å². The van der Waals surface area contributed by atoms with Crippen molar-refractivity contribution >= 4 is 28.5 Å². The summed E-state index contributed by atoms with van der Waals surface area (Å²) >= 11 is 0. The van der Waals surface area contributed by atoms with E-state index in [9.17, 15) is 23.9 Å². The first-order chi connectivity index (χ1) is 17.8. The fourth-order valence-corrected chi connectivity index (χ4v) is 4.45. The first-order valence-electron chi connectivity index (χ1n) is 11.8. The van der Waals surface area contributed by atoms with Crippen LogP contribution in [-0.2, 0) is 16.1 Å². The minimum absolute atomic E-state index is 0.0426. The van der Waals surface area contributed by atoms with Crippen molar-refractivity contribution < 1.29 is 23.8 Å². The molecule has 1 N–H and O–H groups in total. The predicted octanol–water partition coefficient (Wildman–Crippen LogP) is 3.04. The molecule has 9 nitrogen and oxygen atoms in total. The van der Waals surface area contributed by atoms with Gasteiger partial charge in [-0.05, 0) is 36.8 Å². The van der Waals surface area contributed by atoms with Crippen molar-refractivity contribution in [2.24, 2.45) is 0 Å². The fraction of sp³-hybridized carbons (Fsp3) is 0.259. The summed E-state index contributed by atoms with van der Waals surface area (Å²) in [4.78, 5) is 46.9. The van der Waals surface area contributed by atoms with Crippen LogP contribution in [0.4, 0.5) is 10.1 Å². The topological polar surface area (TPSA) is 105 Å². The highest BCUT2D eigenvalue weighted by Gasteiger charge is 2.30. The maximum Gasteiger partial charge on any atom is 0.345 e. The largest absolute Gasteiger partial charge is 0.503 e. The van der Waals surface area contributed by atoms with Gasteiger partial charge in [0.05, 0.1) is 24.4 Å². The molecule has 1 amide bonds. The molecule has 192 valence electrons. The van der Waals surface area contributed by atoms with Gasteiger partial charge in [0.15, 0.2) is 5.76 Å². The molecule has 0 spiro atoms. The molecule has 0 aliphatic carbocycles. The van der Waals surface area contributed by atoms with Crippen LogP contribution in [0.1, 0.15) is 22.8 Å². The van der Waals surface area contributed by atoms with E-state index >= 15 is 0 Å². The number of hydrogen-bond donors (Lipinski definition) is 1. The zero-order valence-electron chi connectivity index (χ0n) is 20.4. The molecule has 1 aliphatic heterocycles. The van der Waals surface area contributed by atoms with Crippen LogP contribution in [-0.4, -0.2) is 64.2 Å². The van der Waals surface area contributed by atoms with Gasteiger partial charge in [0, 0.05) is 44.0 Å². The number of ether oxygens (including phenoxy) is 1. The maximum atomic E-state index is 13.9. The first kappa shape index (κ1) is 25.6. The molecule has 3 aromatic rings. The minimum atomic E-state index is -0.772. The Morgan fingerprint density at radius 3 is 2.65 bits per heavy atom. The molecule has 0 bridgehead atoms. The lowest BCUT2D eigenvalue weighted by Crippen LogP contribution is -2.50. The minimum Gasteiger partial charge on any atom is -0.503 e. The predicted molar refractivity (Wildman–Crippen MR) is 137 cm³/mol. The van der Waals surface area contributed by atoms with E-state index in [0.29, 0.717) is 35.2 Å². The number of fused-ring (bicyclic) bond motifs is 1. The summed E-state index contributed by atoms with van der Waals surface area (Å²) in [5, 5.41) is 10.5. The quantitative estimate of drug-likeness (QED) is 0.227. The van der Waals surface area contributed by atoms with Crippen LogP contribution in [0.15, 0.2) is 72.0 Å². The van der Waals surface area contributed by atoms with Gasteiger partial charge in [-0.15, -0.1) is 0 Å². The van der Waals surface area contributed by atoms with E-state index in [1.54, 1.807) is 37.5 Å². The van der Waals surface area contributed by atoms with Crippen LogP contribution in [0, 0.1) is 5.82 Å². The number of nitrogens with zero attached hydrogens (tertiary/aromatic N) is 4. The van der Waals surface area contributed by atoms with Gasteiger partial charge in [0.25, 0.3) is 11.5 Å². The monoisotopic (exact) mass is 506 g/mol. The number of piperazine rings is 1. The van der Waals surface area contributed by atoms with Gasteiger partial charge in [-0.3, -0.25) is 14.6 Å². The van der Waals surface area contributed by atoms with E-state index in [1.165, 1.54) is 33.8 Å².